The summed E-state index contributed by atoms with van der Waals surface area (Å²) in [5, 5.41) is 6.78. The average molecular weight is 406 g/mol. The Balaban J connectivity index is 1.52. The van der Waals surface area contributed by atoms with E-state index >= 15 is 0 Å². The maximum atomic E-state index is 12.4. The number of nitrogens with one attached hydrogen (secondary N) is 2. The summed E-state index contributed by atoms with van der Waals surface area (Å²) in [7, 11) is 1.80. The average Bonchev–Trinajstić information content (AvgIpc) is 3.22. The van der Waals surface area contributed by atoms with Crippen molar-refractivity contribution in [2.75, 3.05) is 39.8 Å². The van der Waals surface area contributed by atoms with E-state index in [0.29, 0.717) is 51.0 Å². The third-order valence-corrected chi connectivity index (χ3v) is 5.50. The molecule has 7 nitrogen and oxygen atoms in total. The van der Waals surface area contributed by atoms with Crippen LogP contribution in [0.3, 0.4) is 0 Å². The summed E-state index contributed by atoms with van der Waals surface area (Å²) >= 11 is 0. The number of nitrogens with zero attached hydrogens (tertiary/aromatic N) is 3. The highest BCUT2D eigenvalue weighted by molar-refractivity contribution is 5.80. The van der Waals surface area contributed by atoms with Gasteiger partial charge >= 0.3 is 0 Å². The van der Waals surface area contributed by atoms with Crippen molar-refractivity contribution in [3.8, 4) is 0 Å². The molecule has 2 aliphatic rings. The van der Waals surface area contributed by atoms with Gasteiger partial charge in [-0.05, 0) is 31.6 Å². The lowest BCUT2D eigenvalue weighted by atomic mass is 10.1. The normalized spacial score (nSPS) is 17.9. The van der Waals surface area contributed by atoms with Crippen molar-refractivity contribution in [1.82, 2.24) is 20.4 Å². The molecule has 2 N–H and O–H groups in total. The first-order chi connectivity index (χ1) is 14.0. The van der Waals surface area contributed by atoms with Crippen LogP contribution in [0.4, 0.5) is 0 Å². The van der Waals surface area contributed by atoms with Crippen LogP contribution in [-0.2, 0) is 9.59 Å². The number of guanidine groups is 1. The van der Waals surface area contributed by atoms with Crippen LogP contribution in [0.15, 0.2) is 17.1 Å². The lowest BCUT2D eigenvalue weighted by molar-refractivity contribution is -0.140. The minimum Gasteiger partial charge on any atom is -0.356 e. The number of carbonyl (C=O) groups is 2. The summed E-state index contributed by atoms with van der Waals surface area (Å²) < 4.78 is 0. The van der Waals surface area contributed by atoms with Crippen LogP contribution in [0.25, 0.3) is 0 Å². The third kappa shape index (κ3) is 8.46. The van der Waals surface area contributed by atoms with Gasteiger partial charge in [0, 0.05) is 58.7 Å². The molecule has 1 saturated heterocycles. The van der Waals surface area contributed by atoms with Gasteiger partial charge in [-0.15, -0.1) is 0 Å². The number of rotatable bonds is 9. The minimum absolute atomic E-state index is 0.216. The fourth-order valence-electron chi connectivity index (χ4n) is 3.75. The third-order valence-electron chi connectivity index (χ3n) is 5.50. The molecule has 1 fully saturated rings. The van der Waals surface area contributed by atoms with Gasteiger partial charge in [0.15, 0.2) is 5.96 Å². The number of amides is 2. The van der Waals surface area contributed by atoms with Gasteiger partial charge in [-0.25, -0.2) is 0 Å². The number of hydrogen-bond acceptors (Lipinski definition) is 3. The second-order valence-corrected chi connectivity index (χ2v) is 8.45. The predicted molar refractivity (Wildman–Crippen MR) is 118 cm³/mol. The van der Waals surface area contributed by atoms with Crippen molar-refractivity contribution in [2.45, 2.75) is 64.8 Å². The summed E-state index contributed by atoms with van der Waals surface area (Å²) in [5.74, 6) is 1.68. The molecule has 164 valence electrons. The van der Waals surface area contributed by atoms with Crippen molar-refractivity contribution in [3.63, 3.8) is 0 Å². The molecular formula is C22H39N5O2. The van der Waals surface area contributed by atoms with Crippen LogP contribution in [0.1, 0.15) is 58.8 Å². The van der Waals surface area contributed by atoms with Crippen LogP contribution < -0.4 is 10.6 Å². The molecule has 0 aromatic heterocycles. The highest BCUT2D eigenvalue weighted by atomic mass is 16.2. The quantitative estimate of drug-likeness (QED) is 0.267. The first kappa shape index (κ1) is 23.2. The van der Waals surface area contributed by atoms with Crippen LogP contribution in [0, 0.1) is 5.92 Å². The Bertz CT molecular complexity index is 572. The smallest absolute Gasteiger partial charge is 0.222 e. The van der Waals surface area contributed by atoms with Gasteiger partial charge in [0.05, 0.1) is 0 Å². The van der Waals surface area contributed by atoms with Gasteiger partial charge in [0.1, 0.15) is 0 Å². The Morgan fingerprint density at radius 2 is 1.62 bits per heavy atom. The molecule has 0 unspecified atom stereocenters. The van der Waals surface area contributed by atoms with Crippen LogP contribution in [0.5, 0.6) is 0 Å². The molecule has 1 aliphatic heterocycles. The fraction of sp³-hybridized carbons (Fsp3) is 0.773. The van der Waals surface area contributed by atoms with E-state index in [-0.39, 0.29) is 11.8 Å². The van der Waals surface area contributed by atoms with Crippen molar-refractivity contribution in [2.24, 2.45) is 10.9 Å². The zero-order chi connectivity index (χ0) is 21.1. The molecule has 0 atom stereocenters. The Morgan fingerprint density at radius 1 is 1.00 bits per heavy atom. The van der Waals surface area contributed by atoms with Crippen molar-refractivity contribution < 1.29 is 9.59 Å². The molecule has 2 rings (SSSR count). The predicted octanol–water partition coefficient (Wildman–Crippen LogP) is 2.15. The summed E-state index contributed by atoms with van der Waals surface area (Å²) in [6.07, 6.45) is 10.7. The Kier molecular flexibility index (Phi) is 10.0. The number of aliphatic imine (C=N–C) groups is 1. The summed E-state index contributed by atoms with van der Waals surface area (Å²) in [6, 6.07) is 0.458. The largest absolute Gasteiger partial charge is 0.356 e. The van der Waals surface area contributed by atoms with Crippen molar-refractivity contribution >= 4 is 17.8 Å². The van der Waals surface area contributed by atoms with E-state index in [1.807, 2.05) is 9.80 Å². The molecular weight excluding hydrogens is 366 g/mol. The number of piperazine rings is 1. The number of carbonyl (C=O) groups excluding carboxylic acids is 2. The second-order valence-electron chi connectivity index (χ2n) is 8.45. The molecule has 2 amide bonds. The molecule has 1 aliphatic carbocycles. The van der Waals surface area contributed by atoms with Gasteiger partial charge in [-0.1, -0.05) is 32.4 Å². The topological polar surface area (TPSA) is 77.0 Å². The SMILES string of the molecule is CN=C(NCCCCCC(=O)N1CCN(C(=O)CC(C)C)CC1)NC1CC=CC1. The van der Waals surface area contributed by atoms with Gasteiger partial charge in [-0.3, -0.25) is 14.6 Å². The zero-order valence-electron chi connectivity index (χ0n) is 18.5. The molecule has 29 heavy (non-hydrogen) atoms. The van der Waals surface area contributed by atoms with E-state index in [2.05, 4.69) is 41.6 Å². The Morgan fingerprint density at radius 3 is 2.21 bits per heavy atom. The van der Waals surface area contributed by atoms with E-state index in [1.165, 1.54) is 0 Å². The molecule has 0 aromatic rings. The monoisotopic (exact) mass is 405 g/mol. The van der Waals surface area contributed by atoms with Crippen LogP contribution >= 0.6 is 0 Å². The van der Waals surface area contributed by atoms with Crippen molar-refractivity contribution in [3.05, 3.63) is 12.2 Å². The molecule has 0 spiro atoms. The molecule has 0 aromatic carbocycles. The first-order valence-electron chi connectivity index (χ1n) is 11.2. The lowest BCUT2D eigenvalue weighted by Gasteiger charge is -2.35. The van der Waals surface area contributed by atoms with E-state index in [1.54, 1.807) is 7.05 Å². The minimum atomic E-state index is 0.216. The van der Waals surface area contributed by atoms with Gasteiger partial charge in [0.25, 0.3) is 0 Å². The maximum absolute atomic E-state index is 12.4. The van der Waals surface area contributed by atoms with Gasteiger partial charge in [0.2, 0.25) is 11.8 Å². The standard InChI is InChI=1S/C22H39N5O2/c1-18(2)17-21(29)27-15-13-26(14-16-27)20(28)11-5-4-8-12-24-22(23-3)25-19-9-6-7-10-19/h6-7,18-19H,4-5,8-17H2,1-3H3,(H2,23,24,25). The molecule has 0 bridgehead atoms. The van der Waals surface area contributed by atoms with Gasteiger partial charge in [-0.2, -0.15) is 0 Å². The van der Waals surface area contributed by atoms with E-state index < -0.39 is 0 Å². The first-order valence-corrected chi connectivity index (χ1v) is 11.2. The Labute approximate surface area is 176 Å². The number of hydrogen-bond donors (Lipinski definition) is 2. The fourth-order valence-corrected chi connectivity index (χ4v) is 3.75. The van der Waals surface area contributed by atoms with Gasteiger partial charge < -0.3 is 20.4 Å². The molecule has 0 saturated carbocycles. The van der Waals surface area contributed by atoms with Crippen molar-refractivity contribution in [1.29, 1.82) is 0 Å². The number of unbranched alkanes of at least 4 members (excludes halogenated alkanes) is 2. The molecule has 0 radical (unpaired) electrons. The molecule has 1 heterocycles. The van der Waals surface area contributed by atoms with E-state index in [0.717, 1.165) is 44.6 Å². The zero-order valence-corrected chi connectivity index (χ0v) is 18.5. The summed E-state index contributed by atoms with van der Waals surface area (Å²) in [6.45, 7) is 7.67. The lowest BCUT2D eigenvalue weighted by Crippen LogP contribution is -2.50. The maximum Gasteiger partial charge on any atom is 0.222 e. The second kappa shape index (κ2) is 12.5. The van der Waals surface area contributed by atoms with Crippen LogP contribution in [0.2, 0.25) is 0 Å². The Hall–Kier alpha value is -2.05. The highest BCUT2D eigenvalue weighted by Gasteiger charge is 2.23. The highest BCUT2D eigenvalue weighted by Crippen LogP contribution is 2.11. The molecule has 7 heteroatoms. The summed E-state index contributed by atoms with van der Waals surface area (Å²) in [4.78, 5) is 32.6. The van der Waals surface area contributed by atoms with Crippen LogP contribution in [-0.4, -0.2) is 73.4 Å². The van der Waals surface area contributed by atoms with E-state index in [4.69, 9.17) is 0 Å². The summed E-state index contributed by atoms with van der Waals surface area (Å²) in [5.41, 5.74) is 0. The van der Waals surface area contributed by atoms with E-state index in [9.17, 15) is 9.59 Å².